The van der Waals surface area contributed by atoms with Crippen LogP contribution in [0.15, 0.2) is 28.7 Å². The van der Waals surface area contributed by atoms with Crippen molar-refractivity contribution >= 4 is 11.6 Å². The van der Waals surface area contributed by atoms with E-state index in [2.05, 4.69) is 4.98 Å². The molecule has 5 heteroatoms. The third kappa shape index (κ3) is 3.32. The molecule has 0 spiro atoms. The molecule has 0 bridgehead atoms. The maximum absolute atomic E-state index is 5.93. The van der Waals surface area contributed by atoms with Gasteiger partial charge in [-0.15, -0.1) is 0 Å². The molecule has 0 radical (unpaired) electrons. The number of ether oxygens (including phenoxy) is 2. The van der Waals surface area contributed by atoms with Crippen LogP contribution in [0.4, 0.5) is 0 Å². The zero-order valence-corrected chi connectivity index (χ0v) is 12.7. The highest BCUT2D eigenvalue weighted by Gasteiger charge is 2.25. The Hall–Kier alpha value is -1.68. The fourth-order valence-electron chi connectivity index (χ4n) is 2.66. The highest BCUT2D eigenvalue weighted by atomic mass is 35.5. The second kappa shape index (κ2) is 6.39. The first-order chi connectivity index (χ1) is 10.3. The molecule has 1 heterocycles. The van der Waals surface area contributed by atoms with Crippen molar-refractivity contribution in [1.82, 2.24) is 4.98 Å². The van der Waals surface area contributed by atoms with E-state index in [4.69, 9.17) is 25.5 Å². The van der Waals surface area contributed by atoms with E-state index >= 15 is 0 Å². The molecule has 1 aromatic heterocycles. The van der Waals surface area contributed by atoms with Crippen LogP contribution >= 0.6 is 11.6 Å². The van der Waals surface area contributed by atoms with Crippen LogP contribution in [0.2, 0.25) is 5.02 Å². The highest BCUT2D eigenvalue weighted by Crippen LogP contribution is 2.36. The van der Waals surface area contributed by atoms with Gasteiger partial charge in [-0.3, -0.25) is 0 Å². The van der Waals surface area contributed by atoms with Gasteiger partial charge in [-0.1, -0.05) is 30.5 Å². The molecule has 3 rings (SSSR count). The number of aromatic nitrogens is 1. The van der Waals surface area contributed by atoms with Gasteiger partial charge in [0.15, 0.2) is 6.61 Å². The Balaban J connectivity index is 1.72. The summed E-state index contributed by atoms with van der Waals surface area (Å²) in [6.07, 6.45) is 4.75. The van der Waals surface area contributed by atoms with Gasteiger partial charge in [0.25, 0.3) is 5.88 Å². The summed E-state index contributed by atoms with van der Waals surface area (Å²) in [4.78, 5) is 4.45. The minimum absolute atomic E-state index is 0.281. The van der Waals surface area contributed by atoms with E-state index in [-0.39, 0.29) is 6.61 Å². The molecule has 21 heavy (non-hydrogen) atoms. The van der Waals surface area contributed by atoms with Gasteiger partial charge in [0.2, 0.25) is 11.7 Å². The summed E-state index contributed by atoms with van der Waals surface area (Å²) in [6, 6.07) is 7.27. The first-order valence-corrected chi connectivity index (χ1v) is 7.56. The number of oxazole rings is 1. The van der Waals surface area contributed by atoms with E-state index in [0.717, 1.165) is 18.7 Å². The monoisotopic (exact) mass is 307 g/mol. The summed E-state index contributed by atoms with van der Waals surface area (Å²) >= 11 is 5.93. The molecule has 0 unspecified atom stereocenters. The van der Waals surface area contributed by atoms with Crippen LogP contribution in [0.5, 0.6) is 11.6 Å². The minimum Gasteiger partial charge on any atom is -0.485 e. The summed E-state index contributed by atoms with van der Waals surface area (Å²) in [6.45, 7) is 0.281. The van der Waals surface area contributed by atoms with E-state index in [0.29, 0.717) is 28.3 Å². The normalized spacial score (nSPS) is 15.3. The van der Waals surface area contributed by atoms with Crippen LogP contribution in [0, 0.1) is 0 Å². The molecule has 0 N–H and O–H groups in total. The molecule has 1 fully saturated rings. The van der Waals surface area contributed by atoms with Crippen LogP contribution in [-0.4, -0.2) is 12.1 Å². The van der Waals surface area contributed by atoms with Gasteiger partial charge in [0.1, 0.15) is 5.75 Å². The van der Waals surface area contributed by atoms with Crippen molar-refractivity contribution in [2.45, 2.75) is 38.2 Å². The van der Waals surface area contributed by atoms with Crippen molar-refractivity contribution in [2.24, 2.45) is 0 Å². The van der Waals surface area contributed by atoms with Crippen LogP contribution in [-0.2, 0) is 6.61 Å². The van der Waals surface area contributed by atoms with Gasteiger partial charge in [0, 0.05) is 10.9 Å². The van der Waals surface area contributed by atoms with E-state index in [9.17, 15) is 0 Å². The number of methoxy groups -OCH3 is 1. The van der Waals surface area contributed by atoms with Crippen LogP contribution in [0.3, 0.4) is 0 Å². The van der Waals surface area contributed by atoms with E-state index in [1.165, 1.54) is 12.8 Å². The van der Waals surface area contributed by atoms with E-state index in [1.54, 1.807) is 13.2 Å². The molecule has 1 aromatic carbocycles. The van der Waals surface area contributed by atoms with Gasteiger partial charge in [-0.25, -0.2) is 0 Å². The second-order valence-corrected chi connectivity index (χ2v) is 5.65. The first-order valence-electron chi connectivity index (χ1n) is 7.18. The molecule has 1 aliphatic rings. The van der Waals surface area contributed by atoms with E-state index < -0.39 is 0 Å². The van der Waals surface area contributed by atoms with Crippen molar-refractivity contribution in [3.05, 3.63) is 40.9 Å². The quantitative estimate of drug-likeness (QED) is 0.811. The molecule has 0 aliphatic heterocycles. The fraction of sp³-hybridized carbons (Fsp3) is 0.438. The number of hydrogen-bond donors (Lipinski definition) is 0. The van der Waals surface area contributed by atoms with Gasteiger partial charge in [-0.2, -0.15) is 4.98 Å². The Kier molecular flexibility index (Phi) is 4.34. The molecule has 112 valence electrons. The first kappa shape index (κ1) is 14.3. The lowest BCUT2D eigenvalue weighted by Crippen LogP contribution is -1.96. The number of halogens is 1. The maximum Gasteiger partial charge on any atom is 0.259 e. The van der Waals surface area contributed by atoms with Crippen molar-refractivity contribution in [3.8, 4) is 11.6 Å². The Morgan fingerprint density at radius 3 is 2.86 bits per heavy atom. The molecule has 1 saturated carbocycles. The lowest BCUT2D eigenvalue weighted by Gasteiger charge is -2.05. The van der Waals surface area contributed by atoms with Gasteiger partial charge in [0.05, 0.1) is 7.11 Å². The van der Waals surface area contributed by atoms with Gasteiger partial charge < -0.3 is 13.9 Å². The zero-order valence-electron chi connectivity index (χ0n) is 12.0. The summed E-state index contributed by atoms with van der Waals surface area (Å²) < 4.78 is 16.8. The third-order valence-corrected chi connectivity index (χ3v) is 3.98. The smallest absolute Gasteiger partial charge is 0.259 e. The topological polar surface area (TPSA) is 44.5 Å². The summed E-state index contributed by atoms with van der Waals surface area (Å²) in [5.41, 5.74) is 0. The zero-order chi connectivity index (χ0) is 14.7. The molecule has 4 nitrogen and oxygen atoms in total. The minimum atomic E-state index is 0.281. The molecule has 0 saturated heterocycles. The van der Waals surface area contributed by atoms with Gasteiger partial charge in [-0.05, 0) is 31.0 Å². The number of rotatable bonds is 5. The average molecular weight is 308 g/mol. The Morgan fingerprint density at radius 1 is 1.33 bits per heavy atom. The molecular weight excluding hydrogens is 290 g/mol. The Labute approximate surface area is 129 Å². The van der Waals surface area contributed by atoms with Crippen molar-refractivity contribution in [3.63, 3.8) is 0 Å². The summed E-state index contributed by atoms with van der Waals surface area (Å²) in [5, 5.41) is 0.642. The predicted octanol–water partition coefficient (Wildman–Crippen LogP) is 4.57. The lowest BCUT2D eigenvalue weighted by atomic mass is 10.1. The van der Waals surface area contributed by atoms with Gasteiger partial charge >= 0.3 is 0 Å². The van der Waals surface area contributed by atoms with Crippen molar-refractivity contribution in [1.29, 1.82) is 0 Å². The number of nitrogens with zero attached hydrogens (tertiary/aromatic N) is 1. The largest absolute Gasteiger partial charge is 0.485 e. The summed E-state index contributed by atoms with van der Waals surface area (Å²) in [7, 11) is 1.60. The molecular formula is C16H18ClNO3. The average Bonchev–Trinajstić information content (AvgIpc) is 3.14. The van der Waals surface area contributed by atoms with E-state index in [1.807, 2.05) is 18.2 Å². The number of benzene rings is 1. The Bertz CT molecular complexity index is 605. The van der Waals surface area contributed by atoms with Crippen molar-refractivity contribution < 1.29 is 13.9 Å². The summed E-state index contributed by atoms with van der Waals surface area (Å²) in [5.74, 6) is 3.02. The highest BCUT2D eigenvalue weighted by molar-refractivity contribution is 6.30. The SMILES string of the molecule is COc1nc(C2CCCC2)oc1COc1cccc(Cl)c1. The predicted molar refractivity (Wildman–Crippen MR) is 80.0 cm³/mol. The molecule has 0 atom stereocenters. The van der Waals surface area contributed by atoms with Crippen LogP contribution < -0.4 is 9.47 Å². The standard InChI is InChI=1S/C16H18ClNO3/c1-19-16-14(10-20-13-8-4-7-12(17)9-13)21-15(18-16)11-5-2-3-6-11/h4,7-9,11H,2-3,5-6,10H2,1H3. The molecule has 2 aromatic rings. The molecule has 0 amide bonds. The third-order valence-electron chi connectivity index (χ3n) is 3.74. The van der Waals surface area contributed by atoms with Crippen molar-refractivity contribution in [2.75, 3.05) is 7.11 Å². The Morgan fingerprint density at radius 2 is 2.14 bits per heavy atom. The van der Waals surface area contributed by atoms with Crippen LogP contribution in [0.25, 0.3) is 0 Å². The molecule has 1 aliphatic carbocycles. The van der Waals surface area contributed by atoms with Crippen LogP contribution in [0.1, 0.15) is 43.3 Å². The second-order valence-electron chi connectivity index (χ2n) is 5.21. The lowest BCUT2D eigenvalue weighted by molar-refractivity contribution is 0.253. The fourth-order valence-corrected chi connectivity index (χ4v) is 2.84. The number of hydrogen-bond acceptors (Lipinski definition) is 4. The maximum atomic E-state index is 5.93.